The maximum atomic E-state index is 10.7. The Hall–Kier alpha value is -2.52. The second kappa shape index (κ2) is 9.42. The van der Waals surface area contributed by atoms with Gasteiger partial charge in [-0.15, -0.1) is 0 Å². The van der Waals surface area contributed by atoms with E-state index < -0.39 is 6.09 Å². The van der Waals surface area contributed by atoms with Crippen molar-refractivity contribution in [3.63, 3.8) is 0 Å². The standard InChI is InChI=1S/C16H21N3O3/c1-13(12-22-16(18)20)19(10-4-3-9-17)11-14-5-7-15(21-2)8-6-14/h3-8,13H,10-12H2,1-2H3,(H2,18,20). The van der Waals surface area contributed by atoms with E-state index in [2.05, 4.69) is 4.90 Å². The quantitative estimate of drug-likeness (QED) is 0.743. The van der Waals surface area contributed by atoms with Crippen molar-refractivity contribution in [1.82, 2.24) is 4.90 Å². The zero-order chi connectivity index (χ0) is 16.4. The number of nitrogens with two attached hydrogens (primary N) is 1. The highest BCUT2D eigenvalue weighted by Gasteiger charge is 2.14. The van der Waals surface area contributed by atoms with Crippen molar-refractivity contribution in [1.29, 1.82) is 5.26 Å². The minimum Gasteiger partial charge on any atom is -0.497 e. The number of rotatable bonds is 8. The number of primary amides is 1. The molecule has 0 spiro atoms. The first kappa shape index (κ1) is 17.5. The van der Waals surface area contributed by atoms with Gasteiger partial charge >= 0.3 is 6.09 Å². The lowest BCUT2D eigenvalue weighted by molar-refractivity contribution is 0.105. The zero-order valence-corrected chi connectivity index (χ0v) is 12.9. The van der Waals surface area contributed by atoms with E-state index in [1.54, 1.807) is 13.2 Å². The average Bonchev–Trinajstić information content (AvgIpc) is 2.52. The molecule has 1 rings (SSSR count). The summed E-state index contributed by atoms with van der Waals surface area (Å²) in [4.78, 5) is 12.8. The molecule has 0 saturated carbocycles. The summed E-state index contributed by atoms with van der Waals surface area (Å²) >= 11 is 0. The molecule has 0 fully saturated rings. The molecule has 0 radical (unpaired) electrons. The summed E-state index contributed by atoms with van der Waals surface area (Å²) in [5, 5.41) is 8.59. The molecule has 0 aliphatic heterocycles. The number of methoxy groups -OCH3 is 1. The fourth-order valence-electron chi connectivity index (χ4n) is 1.91. The molecule has 6 heteroatoms. The first-order valence-corrected chi connectivity index (χ1v) is 6.90. The van der Waals surface area contributed by atoms with Crippen LogP contribution in [0.3, 0.4) is 0 Å². The van der Waals surface area contributed by atoms with Crippen LogP contribution in [-0.2, 0) is 11.3 Å². The molecule has 0 aliphatic carbocycles. The van der Waals surface area contributed by atoms with Crippen molar-refractivity contribution in [2.45, 2.75) is 19.5 Å². The third-order valence-electron chi connectivity index (χ3n) is 3.17. The molecule has 1 amide bonds. The molecule has 2 N–H and O–H groups in total. The van der Waals surface area contributed by atoms with Crippen LogP contribution in [0.2, 0.25) is 0 Å². The first-order chi connectivity index (χ1) is 10.6. The second-order valence-corrected chi connectivity index (χ2v) is 4.79. The molecule has 118 valence electrons. The lowest BCUT2D eigenvalue weighted by atomic mass is 10.1. The van der Waals surface area contributed by atoms with Gasteiger partial charge < -0.3 is 15.2 Å². The third kappa shape index (κ3) is 6.29. The van der Waals surface area contributed by atoms with Gasteiger partial charge in [-0.3, -0.25) is 4.90 Å². The third-order valence-corrected chi connectivity index (χ3v) is 3.17. The Bertz CT molecular complexity index is 535. The fourth-order valence-corrected chi connectivity index (χ4v) is 1.91. The molecular formula is C16H21N3O3. The molecule has 0 aliphatic rings. The van der Waals surface area contributed by atoms with Crippen LogP contribution in [-0.4, -0.2) is 37.3 Å². The fraction of sp³-hybridized carbons (Fsp3) is 0.375. The van der Waals surface area contributed by atoms with Crippen molar-refractivity contribution in [2.75, 3.05) is 20.3 Å². The minimum atomic E-state index is -0.788. The van der Waals surface area contributed by atoms with Gasteiger partial charge in [-0.05, 0) is 24.6 Å². The van der Waals surface area contributed by atoms with Gasteiger partial charge in [0, 0.05) is 25.2 Å². The van der Waals surface area contributed by atoms with E-state index in [0.29, 0.717) is 13.1 Å². The SMILES string of the molecule is COc1ccc(CN(CC=CC#N)C(C)COC(N)=O)cc1. The number of nitriles is 1. The van der Waals surface area contributed by atoms with E-state index in [1.165, 1.54) is 6.08 Å². The van der Waals surface area contributed by atoms with Crippen molar-refractivity contribution < 1.29 is 14.3 Å². The van der Waals surface area contributed by atoms with E-state index >= 15 is 0 Å². The Labute approximate surface area is 130 Å². The maximum Gasteiger partial charge on any atom is 0.404 e. The number of ether oxygens (including phenoxy) is 2. The number of hydrogen-bond donors (Lipinski definition) is 1. The summed E-state index contributed by atoms with van der Waals surface area (Å²) in [5.41, 5.74) is 6.09. The highest BCUT2D eigenvalue weighted by Crippen LogP contribution is 2.14. The van der Waals surface area contributed by atoms with Gasteiger partial charge in [-0.25, -0.2) is 4.79 Å². The number of hydrogen-bond acceptors (Lipinski definition) is 5. The van der Waals surface area contributed by atoms with Gasteiger partial charge in [0.15, 0.2) is 0 Å². The van der Waals surface area contributed by atoms with Crippen LogP contribution >= 0.6 is 0 Å². The Morgan fingerprint density at radius 2 is 2.14 bits per heavy atom. The Balaban J connectivity index is 2.72. The van der Waals surface area contributed by atoms with E-state index in [4.69, 9.17) is 20.5 Å². The Kier molecular flexibility index (Phi) is 7.51. The molecule has 1 unspecified atom stereocenters. The summed E-state index contributed by atoms with van der Waals surface area (Å²) in [6, 6.07) is 9.66. The van der Waals surface area contributed by atoms with Crippen LogP contribution in [0.5, 0.6) is 5.75 Å². The normalized spacial score (nSPS) is 12.1. The molecule has 0 bridgehead atoms. The van der Waals surface area contributed by atoms with Crippen LogP contribution in [0.1, 0.15) is 12.5 Å². The van der Waals surface area contributed by atoms with Crippen molar-refractivity contribution in [3.05, 3.63) is 42.0 Å². The number of allylic oxidation sites excluding steroid dienone is 1. The number of benzene rings is 1. The minimum absolute atomic E-state index is 0.0297. The molecule has 1 aromatic carbocycles. The lowest BCUT2D eigenvalue weighted by Gasteiger charge is -2.27. The van der Waals surface area contributed by atoms with E-state index in [0.717, 1.165) is 11.3 Å². The molecule has 0 heterocycles. The predicted molar refractivity (Wildman–Crippen MR) is 83.2 cm³/mol. The summed E-state index contributed by atoms with van der Waals surface area (Å²) in [6.45, 7) is 3.37. The van der Waals surface area contributed by atoms with Gasteiger partial charge in [0.05, 0.1) is 13.2 Å². The molecule has 6 nitrogen and oxygen atoms in total. The van der Waals surface area contributed by atoms with E-state index in [9.17, 15) is 4.79 Å². The molecule has 22 heavy (non-hydrogen) atoms. The summed E-state index contributed by atoms with van der Waals surface area (Å²) < 4.78 is 9.99. The monoisotopic (exact) mass is 303 g/mol. The molecule has 0 aromatic heterocycles. The van der Waals surface area contributed by atoms with Crippen molar-refractivity contribution in [2.24, 2.45) is 5.73 Å². The number of carbonyl (C=O) groups excluding carboxylic acids is 1. The zero-order valence-electron chi connectivity index (χ0n) is 12.9. The van der Waals surface area contributed by atoms with Crippen LogP contribution in [0, 0.1) is 11.3 Å². The number of amides is 1. The van der Waals surface area contributed by atoms with Gasteiger partial charge in [0.2, 0.25) is 0 Å². The van der Waals surface area contributed by atoms with Gasteiger partial charge in [0.1, 0.15) is 12.4 Å². The van der Waals surface area contributed by atoms with E-state index in [1.807, 2.05) is 37.3 Å². The molecule has 1 atom stereocenters. The van der Waals surface area contributed by atoms with E-state index in [-0.39, 0.29) is 12.6 Å². The van der Waals surface area contributed by atoms with Crippen molar-refractivity contribution in [3.8, 4) is 11.8 Å². The van der Waals surface area contributed by atoms with Gasteiger partial charge in [-0.2, -0.15) is 5.26 Å². The highest BCUT2D eigenvalue weighted by atomic mass is 16.5. The van der Waals surface area contributed by atoms with Crippen LogP contribution in [0.4, 0.5) is 4.79 Å². The topological polar surface area (TPSA) is 88.6 Å². The number of carbonyl (C=O) groups is 1. The molecule has 1 aromatic rings. The number of nitrogens with zero attached hydrogens (tertiary/aromatic N) is 2. The van der Waals surface area contributed by atoms with Crippen molar-refractivity contribution >= 4 is 6.09 Å². The van der Waals surface area contributed by atoms with Gasteiger partial charge in [0.25, 0.3) is 0 Å². The Morgan fingerprint density at radius 3 is 2.68 bits per heavy atom. The predicted octanol–water partition coefficient (Wildman–Crippen LogP) is 2.06. The average molecular weight is 303 g/mol. The highest BCUT2D eigenvalue weighted by molar-refractivity contribution is 5.64. The summed E-state index contributed by atoms with van der Waals surface area (Å²) in [7, 11) is 1.62. The maximum absolute atomic E-state index is 10.7. The van der Waals surface area contributed by atoms with Crippen LogP contribution in [0.15, 0.2) is 36.4 Å². The summed E-state index contributed by atoms with van der Waals surface area (Å²) in [5.74, 6) is 0.796. The smallest absolute Gasteiger partial charge is 0.404 e. The van der Waals surface area contributed by atoms with Crippen LogP contribution in [0.25, 0.3) is 0 Å². The van der Waals surface area contributed by atoms with Crippen LogP contribution < -0.4 is 10.5 Å². The lowest BCUT2D eigenvalue weighted by Crippen LogP contribution is -2.37. The first-order valence-electron chi connectivity index (χ1n) is 6.90. The summed E-state index contributed by atoms with van der Waals surface area (Å²) in [6.07, 6.45) is 2.41. The molecular weight excluding hydrogens is 282 g/mol. The molecule has 0 saturated heterocycles. The second-order valence-electron chi connectivity index (χ2n) is 4.79. The largest absolute Gasteiger partial charge is 0.497 e. The Morgan fingerprint density at radius 1 is 1.45 bits per heavy atom. The van der Waals surface area contributed by atoms with Gasteiger partial charge in [-0.1, -0.05) is 18.2 Å².